The number of nitrogens with zero attached hydrogens (tertiary/aromatic N) is 2. The molecule has 2 aromatic heterocycles. The molecule has 4 rings (SSSR count). The van der Waals surface area contributed by atoms with E-state index in [0.717, 1.165) is 27.9 Å². The van der Waals surface area contributed by atoms with Gasteiger partial charge in [0.15, 0.2) is 0 Å². The minimum Gasteiger partial charge on any atom is -0.381 e. The van der Waals surface area contributed by atoms with Crippen molar-refractivity contribution < 1.29 is 9.90 Å². The number of amides is 1. The van der Waals surface area contributed by atoms with Crippen molar-refractivity contribution in [2.24, 2.45) is 0 Å². The predicted octanol–water partition coefficient (Wildman–Crippen LogP) is 4.83. The summed E-state index contributed by atoms with van der Waals surface area (Å²) < 4.78 is 0. The van der Waals surface area contributed by atoms with Crippen molar-refractivity contribution >= 4 is 17.2 Å². The van der Waals surface area contributed by atoms with E-state index in [-0.39, 0.29) is 5.91 Å². The van der Waals surface area contributed by atoms with Gasteiger partial charge in [-0.2, -0.15) is 0 Å². The van der Waals surface area contributed by atoms with Crippen LogP contribution in [0.25, 0.3) is 11.1 Å². The highest BCUT2D eigenvalue weighted by molar-refractivity contribution is 7.09. The summed E-state index contributed by atoms with van der Waals surface area (Å²) in [6, 6.07) is 17.5. The van der Waals surface area contributed by atoms with Gasteiger partial charge in [0.05, 0.1) is 0 Å². The molecule has 4 aromatic rings. The van der Waals surface area contributed by atoms with Crippen LogP contribution < -0.4 is 5.32 Å². The molecule has 0 spiro atoms. The lowest BCUT2D eigenvalue weighted by Crippen LogP contribution is -2.23. The number of nitrogens with one attached hydrogen (secondary N) is 1. The van der Waals surface area contributed by atoms with Crippen LogP contribution in [-0.2, 0) is 6.54 Å². The Kier molecular flexibility index (Phi) is 6.21. The molecule has 0 saturated carbocycles. The van der Waals surface area contributed by atoms with E-state index in [2.05, 4.69) is 15.3 Å². The molecule has 0 saturated heterocycles. The molecule has 6 heteroatoms. The second kappa shape index (κ2) is 9.20. The van der Waals surface area contributed by atoms with Crippen LogP contribution in [0.5, 0.6) is 0 Å². The van der Waals surface area contributed by atoms with Gasteiger partial charge in [-0.25, -0.2) is 4.98 Å². The van der Waals surface area contributed by atoms with Crippen LogP contribution in [0.4, 0.5) is 0 Å². The van der Waals surface area contributed by atoms with Crippen molar-refractivity contribution in [3.05, 3.63) is 105 Å². The van der Waals surface area contributed by atoms with Gasteiger partial charge in [0, 0.05) is 35.6 Å². The second-order valence-corrected chi connectivity index (χ2v) is 8.40. The highest BCUT2D eigenvalue weighted by Gasteiger charge is 2.17. The largest absolute Gasteiger partial charge is 0.381 e. The summed E-state index contributed by atoms with van der Waals surface area (Å²) >= 11 is 1.38. The van der Waals surface area contributed by atoms with Crippen LogP contribution in [0.1, 0.15) is 43.9 Å². The molecule has 0 bridgehead atoms. The molecule has 0 aliphatic rings. The third kappa shape index (κ3) is 5.05. The van der Waals surface area contributed by atoms with Crippen LogP contribution in [0, 0.1) is 13.8 Å². The van der Waals surface area contributed by atoms with Crippen LogP contribution >= 0.6 is 11.3 Å². The molecule has 1 amide bonds. The molecule has 5 nitrogen and oxygen atoms in total. The van der Waals surface area contributed by atoms with E-state index in [4.69, 9.17) is 0 Å². The molecule has 156 valence electrons. The SMILES string of the molecule is Cc1ccc(-c2cc(C(=O)NCc3ccc(C)nc3)cc(C(O)c3nccs3)c2)cc1. The number of benzene rings is 2. The quantitative estimate of drug-likeness (QED) is 0.460. The van der Waals surface area contributed by atoms with Gasteiger partial charge in [-0.3, -0.25) is 9.78 Å². The number of aliphatic hydroxyl groups excluding tert-OH is 1. The summed E-state index contributed by atoms with van der Waals surface area (Å²) in [7, 11) is 0. The molecule has 31 heavy (non-hydrogen) atoms. The number of thiazole rings is 1. The molecular weight excluding hydrogens is 406 g/mol. The van der Waals surface area contributed by atoms with E-state index >= 15 is 0 Å². The first kappa shape index (κ1) is 20.9. The van der Waals surface area contributed by atoms with Gasteiger partial charge in [0.1, 0.15) is 11.1 Å². The Morgan fingerprint density at radius 2 is 1.84 bits per heavy atom. The van der Waals surface area contributed by atoms with Gasteiger partial charge < -0.3 is 10.4 Å². The zero-order chi connectivity index (χ0) is 21.8. The van der Waals surface area contributed by atoms with E-state index in [1.165, 1.54) is 11.3 Å². The maximum absolute atomic E-state index is 13.0. The van der Waals surface area contributed by atoms with Gasteiger partial charge in [-0.1, -0.05) is 35.9 Å². The lowest BCUT2D eigenvalue weighted by atomic mass is 9.96. The smallest absolute Gasteiger partial charge is 0.251 e. The molecule has 0 radical (unpaired) electrons. The molecule has 0 aliphatic carbocycles. The second-order valence-electron chi connectivity index (χ2n) is 7.47. The number of carbonyl (C=O) groups is 1. The number of rotatable bonds is 6. The van der Waals surface area contributed by atoms with Crippen molar-refractivity contribution in [3.8, 4) is 11.1 Å². The van der Waals surface area contributed by atoms with E-state index < -0.39 is 6.10 Å². The Balaban J connectivity index is 1.65. The summed E-state index contributed by atoms with van der Waals surface area (Å²) in [5, 5.41) is 16.2. The average Bonchev–Trinajstić information content (AvgIpc) is 3.33. The summed E-state index contributed by atoms with van der Waals surface area (Å²) in [4.78, 5) is 21.4. The third-order valence-corrected chi connectivity index (χ3v) is 5.86. The van der Waals surface area contributed by atoms with Crippen LogP contribution in [0.15, 0.2) is 72.4 Å². The van der Waals surface area contributed by atoms with Crippen LogP contribution in [0.2, 0.25) is 0 Å². The molecule has 0 fully saturated rings. The fourth-order valence-corrected chi connectivity index (χ4v) is 3.90. The summed E-state index contributed by atoms with van der Waals surface area (Å²) in [5.74, 6) is -0.206. The Morgan fingerprint density at radius 3 is 2.52 bits per heavy atom. The zero-order valence-corrected chi connectivity index (χ0v) is 18.2. The molecular formula is C25H23N3O2S. The third-order valence-electron chi connectivity index (χ3n) is 5.03. The Labute approximate surface area is 185 Å². The van der Waals surface area contributed by atoms with Crippen molar-refractivity contribution in [3.63, 3.8) is 0 Å². The Hall–Kier alpha value is -3.35. The lowest BCUT2D eigenvalue weighted by molar-refractivity contribution is 0.0950. The number of carbonyl (C=O) groups excluding carboxylic acids is 1. The highest BCUT2D eigenvalue weighted by atomic mass is 32.1. The minimum absolute atomic E-state index is 0.206. The number of aryl methyl sites for hydroxylation is 2. The predicted molar refractivity (Wildman–Crippen MR) is 123 cm³/mol. The number of aromatic nitrogens is 2. The molecule has 0 aliphatic heterocycles. The highest BCUT2D eigenvalue weighted by Crippen LogP contribution is 2.30. The number of hydrogen-bond acceptors (Lipinski definition) is 5. The molecule has 2 aromatic carbocycles. The van der Waals surface area contributed by atoms with Gasteiger partial charge in [0.2, 0.25) is 0 Å². The zero-order valence-electron chi connectivity index (χ0n) is 17.4. The summed E-state index contributed by atoms with van der Waals surface area (Å²) in [5.41, 5.74) is 6.00. The van der Waals surface area contributed by atoms with Gasteiger partial charge in [-0.05, 0) is 60.4 Å². The van der Waals surface area contributed by atoms with Gasteiger partial charge in [0.25, 0.3) is 5.91 Å². The number of pyridine rings is 1. The first-order valence-electron chi connectivity index (χ1n) is 9.99. The minimum atomic E-state index is -0.891. The van der Waals surface area contributed by atoms with Crippen molar-refractivity contribution in [2.45, 2.75) is 26.5 Å². The average molecular weight is 430 g/mol. The molecule has 2 heterocycles. The standard InChI is InChI=1S/C25H23N3O2S/c1-16-3-7-19(8-4-16)20-11-21(23(29)25-26-9-10-31-25)13-22(12-20)24(30)28-15-18-6-5-17(2)27-14-18/h3-14,23,29H,15H2,1-2H3,(H,28,30). The number of aliphatic hydroxyl groups is 1. The first-order chi connectivity index (χ1) is 15.0. The van der Waals surface area contributed by atoms with Gasteiger partial charge >= 0.3 is 0 Å². The lowest BCUT2D eigenvalue weighted by Gasteiger charge is -2.14. The normalized spacial score (nSPS) is 11.8. The van der Waals surface area contributed by atoms with E-state index in [1.807, 2.05) is 67.8 Å². The van der Waals surface area contributed by atoms with E-state index in [0.29, 0.717) is 22.7 Å². The van der Waals surface area contributed by atoms with E-state index in [9.17, 15) is 9.90 Å². The Morgan fingerprint density at radius 1 is 1.03 bits per heavy atom. The molecule has 2 N–H and O–H groups in total. The monoisotopic (exact) mass is 429 g/mol. The van der Waals surface area contributed by atoms with E-state index in [1.54, 1.807) is 18.5 Å². The van der Waals surface area contributed by atoms with Crippen molar-refractivity contribution in [1.82, 2.24) is 15.3 Å². The summed E-state index contributed by atoms with van der Waals surface area (Å²) in [6.45, 7) is 4.34. The fraction of sp³-hybridized carbons (Fsp3) is 0.160. The van der Waals surface area contributed by atoms with Crippen LogP contribution in [0.3, 0.4) is 0 Å². The van der Waals surface area contributed by atoms with Crippen molar-refractivity contribution in [1.29, 1.82) is 0 Å². The molecule has 1 unspecified atom stereocenters. The van der Waals surface area contributed by atoms with Crippen LogP contribution in [-0.4, -0.2) is 21.0 Å². The maximum Gasteiger partial charge on any atom is 0.251 e. The first-order valence-corrected chi connectivity index (χ1v) is 10.9. The topological polar surface area (TPSA) is 75.1 Å². The van der Waals surface area contributed by atoms with Crippen molar-refractivity contribution in [2.75, 3.05) is 0 Å². The maximum atomic E-state index is 13.0. The van der Waals surface area contributed by atoms with Gasteiger partial charge in [-0.15, -0.1) is 11.3 Å². The molecule has 1 atom stereocenters. The Bertz CT molecular complexity index is 1170. The fourth-order valence-electron chi connectivity index (χ4n) is 3.25. The number of hydrogen-bond donors (Lipinski definition) is 2. The summed E-state index contributed by atoms with van der Waals surface area (Å²) in [6.07, 6.45) is 2.53.